The van der Waals surface area contributed by atoms with Crippen LogP contribution in [0.3, 0.4) is 0 Å². The molecule has 1 aromatic heterocycles. The summed E-state index contributed by atoms with van der Waals surface area (Å²) < 4.78 is 0. The summed E-state index contributed by atoms with van der Waals surface area (Å²) in [6.07, 6.45) is 2.97. The van der Waals surface area contributed by atoms with Crippen LogP contribution in [0.2, 0.25) is 5.02 Å². The molecule has 114 valence electrons. The Bertz CT molecular complexity index is 843. The van der Waals surface area contributed by atoms with Gasteiger partial charge >= 0.3 is 0 Å². The summed E-state index contributed by atoms with van der Waals surface area (Å²) in [4.78, 5) is 16.1. The molecular formula is C17H13ClN4O. The molecule has 3 rings (SSSR count). The van der Waals surface area contributed by atoms with Crippen LogP contribution in [0.5, 0.6) is 0 Å². The Morgan fingerprint density at radius 1 is 1.13 bits per heavy atom. The fourth-order valence-corrected chi connectivity index (χ4v) is 2.16. The molecule has 1 heterocycles. The van der Waals surface area contributed by atoms with Gasteiger partial charge in [0.15, 0.2) is 5.82 Å². The second-order valence-electron chi connectivity index (χ2n) is 4.74. The lowest BCUT2D eigenvalue weighted by Crippen LogP contribution is -2.07. The van der Waals surface area contributed by atoms with E-state index in [2.05, 4.69) is 20.5 Å². The number of aromatic nitrogens is 3. The fourth-order valence-electron chi connectivity index (χ4n) is 1.97. The summed E-state index contributed by atoms with van der Waals surface area (Å²) in [5, 5.41) is 10.3. The zero-order chi connectivity index (χ0) is 16.1. The molecule has 0 saturated carbocycles. The third-order valence-electron chi connectivity index (χ3n) is 3.02. The lowest BCUT2D eigenvalue weighted by atomic mass is 10.2. The van der Waals surface area contributed by atoms with E-state index in [1.807, 2.05) is 42.5 Å². The van der Waals surface area contributed by atoms with E-state index in [1.165, 1.54) is 6.08 Å². The van der Waals surface area contributed by atoms with Crippen molar-refractivity contribution in [3.8, 4) is 11.4 Å². The molecule has 0 unspecified atom stereocenters. The average Bonchev–Trinajstić information content (AvgIpc) is 3.03. The molecule has 0 saturated heterocycles. The lowest BCUT2D eigenvalue weighted by Gasteiger charge is -1.99. The third kappa shape index (κ3) is 4.05. The molecular weight excluding hydrogens is 312 g/mol. The van der Waals surface area contributed by atoms with Crippen LogP contribution in [-0.4, -0.2) is 21.1 Å². The Kier molecular flexibility index (Phi) is 4.49. The number of H-pyrrole nitrogens is 1. The summed E-state index contributed by atoms with van der Waals surface area (Å²) in [6, 6.07) is 16.5. The number of anilines is 1. The molecule has 0 radical (unpaired) electrons. The molecule has 6 heteroatoms. The number of aromatic amines is 1. The van der Waals surface area contributed by atoms with Gasteiger partial charge in [-0.05, 0) is 30.3 Å². The number of benzene rings is 2. The Balaban J connectivity index is 1.68. The van der Waals surface area contributed by atoms with Crippen molar-refractivity contribution in [1.82, 2.24) is 15.2 Å². The minimum absolute atomic E-state index is 0.239. The first-order valence-electron chi connectivity index (χ1n) is 6.93. The number of halogens is 1. The largest absolute Gasteiger partial charge is 0.323 e. The number of nitrogens with one attached hydrogen (secondary N) is 2. The molecule has 2 N–H and O–H groups in total. The lowest BCUT2D eigenvalue weighted by molar-refractivity contribution is -0.111. The van der Waals surface area contributed by atoms with E-state index in [9.17, 15) is 4.79 Å². The first-order valence-corrected chi connectivity index (χ1v) is 7.31. The van der Waals surface area contributed by atoms with E-state index in [0.29, 0.717) is 16.7 Å². The van der Waals surface area contributed by atoms with Crippen molar-refractivity contribution in [3.63, 3.8) is 0 Å². The van der Waals surface area contributed by atoms with Gasteiger partial charge in [0, 0.05) is 22.3 Å². The summed E-state index contributed by atoms with van der Waals surface area (Å²) in [7, 11) is 0. The van der Waals surface area contributed by atoms with Crippen LogP contribution in [0.15, 0.2) is 60.7 Å². The number of hydrogen-bond donors (Lipinski definition) is 2. The van der Waals surface area contributed by atoms with Gasteiger partial charge in [0.25, 0.3) is 0 Å². The van der Waals surface area contributed by atoms with Crippen LogP contribution in [0, 0.1) is 0 Å². The number of rotatable bonds is 4. The second kappa shape index (κ2) is 6.89. The Morgan fingerprint density at radius 2 is 1.96 bits per heavy atom. The summed E-state index contributed by atoms with van der Waals surface area (Å²) >= 11 is 5.95. The molecule has 0 aliphatic heterocycles. The number of amides is 1. The van der Waals surface area contributed by atoms with Gasteiger partial charge in [0.05, 0.1) is 0 Å². The van der Waals surface area contributed by atoms with Gasteiger partial charge in [0.2, 0.25) is 5.91 Å². The van der Waals surface area contributed by atoms with Gasteiger partial charge in [-0.2, -0.15) is 5.10 Å². The quantitative estimate of drug-likeness (QED) is 0.717. The SMILES string of the molecule is O=C(C=Cc1nc(-c2cccc(Cl)c2)n[nH]1)Nc1ccccc1. The molecule has 3 aromatic rings. The highest BCUT2D eigenvalue weighted by Gasteiger charge is 2.05. The minimum atomic E-state index is -0.239. The van der Waals surface area contributed by atoms with Crippen molar-refractivity contribution < 1.29 is 4.79 Å². The van der Waals surface area contributed by atoms with Crippen molar-refractivity contribution in [2.45, 2.75) is 0 Å². The number of para-hydroxylation sites is 1. The van der Waals surface area contributed by atoms with E-state index >= 15 is 0 Å². The van der Waals surface area contributed by atoms with Crippen molar-refractivity contribution >= 4 is 29.3 Å². The van der Waals surface area contributed by atoms with Gasteiger partial charge in [-0.3, -0.25) is 9.89 Å². The van der Waals surface area contributed by atoms with Crippen LogP contribution >= 0.6 is 11.6 Å². The Morgan fingerprint density at radius 3 is 2.74 bits per heavy atom. The maximum Gasteiger partial charge on any atom is 0.248 e. The topological polar surface area (TPSA) is 70.7 Å². The zero-order valence-electron chi connectivity index (χ0n) is 12.0. The number of nitrogens with zero attached hydrogens (tertiary/aromatic N) is 2. The Hall–Kier alpha value is -2.92. The summed E-state index contributed by atoms with van der Waals surface area (Å²) in [6.45, 7) is 0. The van der Waals surface area contributed by atoms with Crippen LogP contribution < -0.4 is 5.32 Å². The maximum atomic E-state index is 11.8. The third-order valence-corrected chi connectivity index (χ3v) is 3.25. The predicted octanol–water partition coefficient (Wildman–Crippen LogP) is 3.78. The second-order valence-corrected chi connectivity index (χ2v) is 5.18. The minimum Gasteiger partial charge on any atom is -0.323 e. The Labute approximate surface area is 138 Å². The molecule has 0 aliphatic carbocycles. The smallest absolute Gasteiger partial charge is 0.248 e. The summed E-state index contributed by atoms with van der Waals surface area (Å²) in [5.41, 5.74) is 1.54. The van der Waals surface area contributed by atoms with Gasteiger partial charge in [-0.15, -0.1) is 0 Å². The molecule has 5 nitrogen and oxygen atoms in total. The van der Waals surface area contributed by atoms with Gasteiger partial charge in [-0.1, -0.05) is 41.9 Å². The molecule has 0 bridgehead atoms. The monoisotopic (exact) mass is 324 g/mol. The van der Waals surface area contributed by atoms with Crippen molar-refractivity contribution in [1.29, 1.82) is 0 Å². The number of carbonyl (C=O) groups excluding carboxylic acids is 1. The molecule has 0 fully saturated rings. The van der Waals surface area contributed by atoms with Gasteiger partial charge in [-0.25, -0.2) is 4.98 Å². The molecule has 23 heavy (non-hydrogen) atoms. The first-order chi connectivity index (χ1) is 11.2. The standard InChI is InChI=1S/C17H13ClN4O/c18-13-6-4-5-12(11-13)17-20-15(21-22-17)9-10-16(23)19-14-7-2-1-3-8-14/h1-11H,(H,19,23)(H,20,21,22). The first kappa shape index (κ1) is 15.0. The molecule has 1 amide bonds. The van der Waals surface area contributed by atoms with E-state index in [-0.39, 0.29) is 5.91 Å². The number of carbonyl (C=O) groups is 1. The van der Waals surface area contributed by atoms with Crippen LogP contribution in [-0.2, 0) is 4.79 Å². The predicted molar refractivity (Wildman–Crippen MR) is 90.9 cm³/mol. The highest BCUT2D eigenvalue weighted by molar-refractivity contribution is 6.30. The van der Waals surface area contributed by atoms with Crippen LogP contribution in [0.25, 0.3) is 17.5 Å². The van der Waals surface area contributed by atoms with Crippen LogP contribution in [0.4, 0.5) is 5.69 Å². The van der Waals surface area contributed by atoms with Crippen molar-refractivity contribution in [3.05, 3.63) is 71.5 Å². The van der Waals surface area contributed by atoms with Gasteiger partial charge < -0.3 is 5.32 Å². The number of hydrogen-bond acceptors (Lipinski definition) is 3. The van der Waals surface area contributed by atoms with E-state index in [0.717, 1.165) is 11.3 Å². The zero-order valence-corrected chi connectivity index (χ0v) is 12.8. The average molecular weight is 325 g/mol. The fraction of sp³-hybridized carbons (Fsp3) is 0. The highest BCUT2D eigenvalue weighted by atomic mass is 35.5. The molecule has 0 aliphatic rings. The maximum absolute atomic E-state index is 11.8. The molecule has 2 aromatic carbocycles. The highest BCUT2D eigenvalue weighted by Crippen LogP contribution is 2.19. The molecule has 0 atom stereocenters. The van der Waals surface area contributed by atoms with Crippen LogP contribution in [0.1, 0.15) is 5.82 Å². The molecule has 0 spiro atoms. The van der Waals surface area contributed by atoms with E-state index in [1.54, 1.807) is 18.2 Å². The van der Waals surface area contributed by atoms with Crippen molar-refractivity contribution in [2.75, 3.05) is 5.32 Å². The summed E-state index contributed by atoms with van der Waals surface area (Å²) in [5.74, 6) is 0.774. The van der Waals surface area contributed by atoms with Crippen molar-refractivity contribution in [2.24, 2.45) is 0 Å². The van der Waals surface area contributed by atoms with Gasteiger partial charge in [0.1, 0.15) is 5.82 Å². The van der Waals surface area contributed by atoms with E-state index < -0.39 is 0 Å². The van der Waals surface area contributed by atoms with E-state index in [4.69, 9.17) is 11.6 Å². The normalized spacial score (nSPS) is 10.8.